The lowest BCUT2D eigenvalue weighted by Crippen LogP contribution is -2.39. The van der Waals surface area contributed by atoms with Crippen molar-refractivity contribution in [1.82, 2.24) is 10.6 Å². The van der Waals surface area contributed by atoms with Crippen LogP contribution in [0.4, 0.5) is 4.79 Å². The summed E-state index contributed by atoms with van der Waals surface area (Å²) in [6.07, 6.45) is 2.32. The standard InChI is InChI=1S/C12H23N2O6P/c1-4-18-9-7-11(15)14-12(16)13-8-10-21(17,19-5-2)20-6-3/h7,9H,4-6,8,10H2,1-3H3,(H2,13,14,15,16)/b9-7+. The minimum atomic E-state index is -3.19. The molecule has 0 aliphatic heterocycles. The molecule has 0 fully saturated rings. The van der Waals surface area contributed by atoms with Crippen LogP contribution >= 0.6 is 7.60 Å². The Morgan fingerprint density at radius 3 is 2.24 bits per heavy atom. The summed E-state index contributed by atoms with van der Waals surface area (Å²) in [4.78, 5) is 22.6. The lowest BCUT2D eigenvalue weighted by molar-refractivity contribution is -0.115. The van der Waals surface area contributed by atoms with Crippen LogP contribution in [-0.2, 0) is 23.1 Å². The Morgan fingerprint density at radius 2 is 1.71 bits per heavy atom. The van der Waals surface area contributed by atoms with Crippen molar-refractivity contribution in [2.75, 3.05) is 32.5 Å². The highest BCUT2D eigenvalue weighted by Gasteiger charge is 2.23. The van der Waals surface area contributed by atoms with E-state index < -0.39 is 19.5 Å². The summed E-state index contributed by atoms with van der Waals surface area (Å²) in [6.45, 7) is 6.18. The van der Waals surface area contributed by atoms with Gasteiger partial charge >= 0.3 is 13.6 Å². The van der Waals surface area contributed by atoms with Crippen molar-refractivity contribution < 1.29 is 27.9 Å². The van der Waals surface area contributed by atoms with Gasteiger partial charge in [-0.1, -0.05) is 0 Å². The highest BCUT2D eigenvalue weighted by molar-refractivity contribution is 7.53. The fraction of sp³-hybridized carbons (Fsp3) is 0.667. The van der Waals surface area contributed by atoms with Gasteiger partial charge in [0.05, 0.1) is 32.2 Å². The minimum Gasteiger partial charge on any atom is -0.501 e. The highest BCUT2D eigenvalue weighted by Crippen LogP contribution is 2.47. The summed E-state index contributed by atoms with van der Waals surface area (Å²) >= 11 is 0. The fourth-order valence-corrected chi connectivity index (χ4v) is 2.78. The van der Waals surface area contributed by atoms with Gasteiger partial charge in [-0.15, -0.1) is 0 Å². The van der Waals surface area contributed by atoms with Gasteiger partial charge in [0, 0.05) is 12.6 Å². The SMILES string of the molecule is CCO/C=C/C(=O)NC(=O)NCCP(=O)(OCC)OCC. The third-order valence-corrected chi connectivity index (χ3v) is 4.12. The zero-order valence-electron chi connectivity index (χ0n) is 12.6. The summed E-state index contributed by atoms with van der Waals surface area (Å²) in [6, 6.07) is -0.694. The smallest absolute Gasteiger partial charge is 0.332 e. The van der Waals surface area contributed by atoms with E-state index in [4.69, 9.17) is 13.8 Å². The molecular weight excluding hydrogens is 299 g/mol. The number of hydrogen-bond acceptors (Lipinski definition) is 6. The zero-order valence-corrected chi connectivity index (χ0v) is 13.5. The molecule has 0 unspecified atom stereocenters. The molecule has 3 amide bonds. The van der Waals surface area contributed by atoms with Crippen molar-refractivity contribution in [1.29, 1.82) is 0 Å². The molecule has 21 heavy (non-hydrogen) atoms. The number of nitrogens with one attached hydrogen (secondary N) is 2. The number of ether oxygens (including phenoxy) is 1. The fourth-order valence-electron chi connectivity index (χ4n) is 1.27. The number of hydrogen-bond donors (Lipinski definition) is 2. The Hall–Kier alpha value is -1.37. The molecule has 0 aliphatic rings. The average molecular weight is 322 g/mol. The molecule has 0 aromatic rings. The Kier molecular flexibility index (Phi) is 10.6. The predicted molar refractivity (Wildman–Crippen MR) is 78.0 cm³/mol. The van der Waals surface area contributed by atoms with Crippen LogP contribution in [-0.4, -0.2) is 44.5 Å². The zero-order chi connectivity index (χ0) is 16.1. The van der Waals surface area contributed by atoms with E-state index >= 15 is 0 Å². The largest absolute Gasteiger partial charge is 0.501 e. The molecule has 8 nitrogen and oxygen atoms in total. The number of rotatable bonds is 10. The van der Waals surface area contributed by atoms with E-state index in [2.05, 4.69) is 10.6 Å². The van der Waals surface area contributed by atoms with Gasteiger partial charge in [0.25, 0.3) is 5.91 Å². The molecule has 2 N–H and O–H groups in total. The van der Waals surface area contributed by atoms with Crippen LogP contribution in [0.2, 0.25) is 0 Å². The minimum absolute atomic E-state index is 0.0328. The summed E-state index contributed by atoms with van der Waals surface area (Å²) in [5.41, 5.74) is 0. The van der Waals surface area contributed by atoms with Gasteiger partial charge in [-0.05, 0) is 20.8 Å². The van der Waals surface area contributed by atoms with Crippen LogP contribution in [0.15, 0.2) is 12.3 Å². The Bertz CT molecular complexity index is 389. The normalized spacial score (nSPS) is 11.4. The molecule has 0 saturated carbocycles. The monoisotopic (exact) mass is 322 g/mol. The number of carbonyl (C=O) groups excluding carboxylic acids is 2. The molecule has 0 radical (unpaired) electrons. The van der Waals surface area contributed by atoms with Gasteiger partial charge < -0.3 is 19.1 Å². The predicted octanol–water partition coefficient (Wildman–Crippen LogP) is 1.63. The maximum atomic E-state index is 12.1. The van der Waals surface area contributed by atoms with E-state index in [0.29, 0.717) is 6.61 Å². The van der Waals surface area contributed by atoms with Crippen molar-refractivity contribution in [3.63, 3.8) is 0 Å². The molecule has 0 rings (SSSR count). The first-order chi connectivity index (χ1) is 9.97. The topological polar surface area (TPSA) is 103 Å². The van der Waals surface area contributed by atoms with Crippen molar-refractivity contribution in [2.45, 2.75) is 20.8 Å². The van der Waals surface area contributed by atoms with Crippen LogP contribution in [0.5, 0.6) is 0 Å². The van der Waals surface area contributed by atoms with Crippen LogP contribution in [0, 0.1) is 0 Å². The van der Waals surface area contributed by atoms with Gasteiger partial charge in [-0.3, -0.25) is 14.7 Å². The lowest BCUT2D eigenvalue weighted by Gasteiger charge is -2.16. The molecule has 0 bridgehead atoms. The molecule has 9 heteroatoms. The molecule has 122 valence electrons. The van der Waals surface area contributed by atoms with E-state index in [-0.39, 0.29) is 25.9 Å². The van der Waals surface area contributed by atoms with Crippen LogP contribution < -0.4 is 10.6 Å². The van der Waals surface area contributed by atoms with Crippen molar-refractivity contribution in [3.8, 4) is 0 Å². The number of urea groups is 1. The molecule has 0 saturated heterocycles. The number of imide groups is 1. The summed E-state index contributed by atoms with van der Waals surface area (Å²) in [5.74, 6) is -0.612. The highest BCUT2D eigenvalue weighted by atomic mass is 31.2. The van der Waals surface area contributed by atoms with Gasteiger partial charge in [0.2, 0.25) is 0 Å². The van der Waals surface area contributed by atoms with Gasteiger partial charge in [0.1, 0.15) is 0 Å². The van der Waals surface area contributed by atoms with E-state index in [0.717, 1.165) is 6.08 Å². The second kappa shape index (κ2) is 11.3. The van der Waals surface area contributed by atoms with Gasteiger partial charge in [-0.2, -0.15) is 0 Å². The molecule has 0 atom stereocenters. The molecular formula is C12H23N2O6P. The molecule has 0 aromatic carbocycles. The van der Waals surface area contributed by atoms with Crippen LogP contribution in [0.25, 0.3) is 0 Å². The Balaban J connectivity index is 4.07. The molecule has 0 heterocycles. The van der Waals surface area contributed by atoms with E-state index in [9.17, 15) is 14.2 Å². The van der Waals surface area contributed by atoms with E-state index in [1.807, 2.05) is 0 Å². The first-order valence-corrected chi connectivity index (χ1v) is 8.45. The molecule has 0 spiro atoms. The van der Waals surface area contributed by atoms with Gasteiger partial charge in [-0.25, -0.2) is 4.79 Å². The Morgan fingerprint density at radius 1 is 1.10 bits per heavy atom. The van der Waals surface area contributed by atoms with E-state index in [1.54, 1.807) is 20.8 Å². The molecule has 0 aliphatic carbocycles. The van der Waals surface area contributed by atoms with E-state index in [1.165, 1.54) is 6.26 Å². The quantitative estimate of drug-likeness (QED) is 0.360. The second-order valence-electron chi connectivity index (χ2n) is 3.67. The number of carbonyl (C=O) groups is 2. The van der Waals surface area contributed by atoms with Gasteiger partial charge in [0.15, 0.2) is 0 Å². The summed E-state index contributed by atoms with van der Waals surface area (Å²) in [7, 11) is -3.19. The maximum Gasteiger partial charge on any atom is 0.332 e. The Labute approximate surface area is 124 Å². The third kappa shape index (κ3) is 10.1. The lowest BCUT2D eigenvalue weighted by atomic mass is 10.5. The molecule has 0 aromatic heterocycles. The van der Waals surface area contributed by atoms with Crippen LogP contribution in [0.1, 0.15) is 20.8 Å². The summed E-state index contributed by atoms with van der Waals surface area (Å²) < 4.78 is 27.0. The van der Waals surface area contributed by atoms with Crippen molar-refractivity contribution in [3.05, 3.63) is 12.3 Å². The summed E-state index contributed by atoms with van der Waals surface area (Å²) in [5, 5.41) is 4.46. The van der Waals surface area contributed by atoms with Crippen molar-refractivity contribution >= 4 is 19.5 Å². The van der Waals surface area contributed by atoms with Crippen molar-refractivity contribution in [2.24, 2.45) is 0 Å². The second-order valence-corrected chi connectivity index (χ2v) is 5.86. The maximum absolute atomic E-state index is 12.1. The first-order valence-electron chi connectivity index (χ1n) is 6.72. The number of amides is 3. The third-order valence-electron chi connectivity index (χ3n) is 2.04. The first kappa shape index (κ1) is 19.6. The average Bonchev–Trinajstić information content (AvgIpc) is 2.39. The van der Waals surface area contributed by atoms with Crippen LogP contribution in [0.3, 0.4) is 0 Å².